The van der Waals surface area contributed by atoms with E-state index >= 15 is 0 Å². The number of rotatable bonds is 5. The molecule has 2 aromatic rings. The first kappa shape index (κ1) is 15.7. The number of aromatic nitrogens is 1. The Balaban J connectivity index is 2.49. The summed E-state index contributed by atoms with van der Waals surface area (Å²) >= 11 is 12.1. The number of hydrogen-bond donors (Lipinski definition) is 1. The SMILES string of the molecule is CCOc1ccc(-c2nc(N)c(Cl)cc2Cl)cc1OCC. The summed E-state index contributed by atoms with van der Waals surface area (Å²) in [4.78, 5) is 4.24. The molecule has 0 radical (unpaired) electrons. The molecule has 2 N–H and O–H groups in total. The van der Waals surface area contributed by atoms with Gasteiger partial charge in [0.05, 0.1) is 29.0 Å². The summed E-state index contributed by atoms with van der Waals surface area (Å²) in [6, 6.07) is 7.09. The second-order valence-electron chi connectivity index (χ2n) is 4.21. The van der Waals surface area contributed by atoms with E-state index in [0.29, 0.717) is 40.5 Å². The van der Waals surface area contributed by atoms with E-state index in [-0.39, 0.29) is 5.82 Å². The van der Waals surface area contributed by atoms with E-state index in [0.717, 1.165) is 5.56 Å². The van der Waals surface area contributed by atoms with Gasteiger partial charge in [0.25, 0.3) is 0 Å². The van der Waals surface area contributed by atoms with Crippen LogP contribution in [0.25, 0.3) is 11.3 Å². The summed E-state index contributed by atoms with van der Waals surface area (Å²) in [6.45, 7) is 4.93. The minimum Gasteiger partial charge on any atom is -0.490 e. The van der Waals surface area contributed by atoms with Crippen molar-refractivity contribution >= 4 is 29.0 Å². The molecular formula is C15H16Cl2N2O2. The summed E-state index contributed by atoms with van der Waals surface area (Å²) in [5.41, 5.74) is 7.09. The molecule has 21 heavy (non-hydrogen) atoms. The number of hydrogen-bond acceptors (Lipinski definition) is 4. The molecule has 0 aliphatic rings. The van der Waals surface area contributed by atoms with E-state index in [9.17, 15) is 0 Å². The molecule has 4 nitrogen and oxygen atoms in total. The Kier molecular flexibility index (Phi) is 5.15. The fraction of sp³-hybridized carbons (Fsp3) is 0.267. The fourth-order valence-corrected chi connectivity index (χ4v) is 2.35. The fourth-order valence-electron chi connectivity index (χ4n) is 1.88. The van der Waals surface area contributed by atoms with Crippen molar-refractivity contribution in [3.05, 3.63) is 34.3 Å². The lowest BCUT2D eigenvalue weighted by Gasteiger charge is -2.13. The van der Waals surface area contributed by atoms with Crippen LogP contribution in [0.5, 0.6) is 11.5 Å². The number of ether oxygens (including phenoxy) is 2. The van der Waals surface area contributed by atoms with Gasteiger partial charge < -0.3 is 15.2 Å². The Labute approximate surface area is 133 Å². The highest BCUT2D eigenvalue weighted by atomic mass is 35.5. The highest BCUT2D eigenvalue weighted by Crippen LogP contribution is 2.36. The van der Waals surface area contributed by atoms with Crippen LogP contribution in [0.3, 0.4) is 0 Å². The Hall–Kier alpha value is -1.65. The third-order valence-electron chi connectivity index (χ3n) is 2.77. The van der Waals surface area contributed by atoms with Gasteiger partial charge in [0.15, 0.2) is 11.5 Å². The Morgan fingerprint density at radius 2 is 1.67 bits per heavy atom. The van der Waals surface area contributed by atoms with E-state index in [2.05, 4.69) is 4.98 Å². The summed E-state index contributed by atoms with van der Waals surface area (Å²) in [5, 5.41) is 0.764. The molecule has 0 fully saturated rings. The normalized spacial score (nSPS) is 10.5. The van der Waals surface area contributed by atoms with Gasteiger partial charge in [-0.25, -0.2) is 4.98 Å². The van der Waals surface area contributed by atoms with Gasteiger partial charge >= 0.3 is 0 Å². The van der Waals surface area contributed by atoms with Gasteiger partial charge in [0, 0.05) is 5.56 Å². The minimum atomic E-state index is 0.239. The lowest BCUT2D eigenvalue weighted by molar-refractivity contribution is 0.288. The molecular weight excluding hydrogens is 311 g/mol. The van der Waals surface area contributed by atoms with Gasteiger partial charge in [-0.2, -0.15) is 0 Å². The van der Waals surface area contributed by atoms with Crippen LogP contribution < -0.4 is 15.2 Å². The number of nitrogen functional groups attached to an aromatic ring is 1. The summed E-state index contributed by atoms with van der Waals surface area (Å²) < 4.78 is 11.1. The van der Waals surface area contributed by atoms with Gasteiger partial charge in [0.2, 0.25) is 0 Å². The van der Waals surface area contributed by atoms with Crippen LogP contribution in [-0.4, -0.2) is 18.2 Å². The first-order valence-corrected chi connectivity index (χ1v) is 7.33. The number of halogens is 2. The Morgan fingerprint density at radius 1 is 1.00 bits per heavy atom. The van der Waals surface area contributed by atoms with Crippen LogP contribution in [0, 0.1) is 0 Å². The minimum absolute atomic E-state index is 0.239. The molecule has 1 aromatic heterocycles. The maximum absolute atomic E-state index is 6.19. The zero-order valence-electron chi connectivity index (χ0n) is 11.8. The smallest absolute Gasteiger partial charge is 0.161 e. The van der Waals surface area contributed by atoms with E-state index in [1.165, 1.54) is 0 Å². The quantitative estimate of drug-likeness (QED) is 0.882. The van der Waals surface area contributed by atoms with Crippen LogP contribution in [0.15, 0.2) is 24.3 Å². The summed E-state index contributed by atoms with van der Waals surface area (Å²) in [7, 11) is 0. The van der Waals surface area contributed by atoms with E-state index in [1.54, 1.807) is 6.07 Å². The maximum atomic E-state index is 6.19. The number of nitrogens with two attached hydrogens (primary N) is 1. The number of benzene rings is 1. The third kappa shape index (κ3) is 3.52. The Morgan fingerprint density at radius 3 is 2.33 bits per heavy atom. The zero-order chi connectivity index (χ0) is 15.4. The van der Waals surface area contributed by atoms with Crippen molar-refractivity contribution in [3.63, 3.8) is 0 Å². The standard InChI is InChI=1S/C15H16Cl2N2O2/c1-3-20-12-6-5-9(7-13(12)21-4-2)14-10(16)8-11(17)15(18)19-14/h5-8H,3-4H2,1-2H3,(H2,18,19). The highest BCUT2D eigenvalue weighted by Gasteiger charge is 2.13. The van der Waals surface area contributed by atoms with Gasteiger partial charge in [-0.15, -0.1) is 0 Å². The molecule has 0 aliphatic carbocycles. The monoisotopic (exact) mass is 326 g/mol. The van der Waals surface area contributed by atoms with Crippen molar-refractivity contribution in [2.75, 3.05) is 18.9 Å². The first-order valence-electron chi connectivity index (χ1n) is 6.58. The van der Waals surface area contributed by atoms with Gasteiger partial charge in [-0.05, 0) is 38.1 Å². The molecule has 0 unspecified atom stereocenters. The molecule has 1 aromatic carbocycles. The molecule has 2 rings (SSSR count). The lowest BCUT2D eigenvalue weighted by atomic mass is 10.1. The molecule has 0 atom stereocenters. The van der Waals surface area contributed by atoms with Gasteiger partial charge in [-0.3, -0.25) is 0 Å². The molecule has 6 heteroatoms. The molecule has 0 bridgehead atoms. The van der Waals surface area contributed by atoms with Crippen molar-refractivity contribution in [2.24, 2.45) is 0 Å². The number of pyridine rings is 1. The van der Waals surface area contributed by atoms with Crippen LogP contribution >= 0.6 is 23.2 Å². The van der Waals surface area contributed by atoms with Crippen molar-refractivity contribution in [2.45, 2.75) is 13.8 Å². The van der Waals surface area contributed by atoms with Crippen LogP contribution in [-0.2, 0) is 0 Å². The number of anilines is 1. The second-order valence-corrected chi connectivity index (χ2v) is 5.03. The van der Waals surface area contributed by atoms with Gasteiger partial charge in [-0.1, -0.05) is 23.2 Å². The second kappa shape index (κ2) is 6.87. The van der Waals surface area contributed by atoms with Crippen LogP contribution in [0.2, 0.25) is 10.0 Å². The number of nitrogens with zero attached hydrogens (tertiary/aromatic N) is 1. The summed E-state index contributed by atoms with van der Waals surface area (Å²) in [5.74, 6) is 1.56. The molecule has 1 heterocycles. The predicted molar refractivity (Wildman–Crippen MR) is 86.4 cm³/mol. The molecule has 0 spiro atoms. The third-order valence-corrected chi connectivity index (χ3v) is 3.36. The van der Waals surface area contributed by atoms with Crippen molar-refractivity contribution < 1.29 is 9.47 Å². The molecule has 0 saturated carbocycles. The first-order chi connectivity index (χ1) is 10.1. The van der Waals surface area contributed by atoms with Crippen molar-refractivity contribution in [1.82, 2.24) is 4.98 Å². The Bertz CT molecular complexity index is 648. The van der Waals surface area contributed by atoms with E-state index < -0.39 is 0 Å². The molecule has 112 valence electrons. The predicted octanol–water partition coefficient (Wildman–Crippen LogP) is 4.44. The topological polar surface area (TPSA) is 57.4 Å². The average Bonchev–Trinajstić information content (AvgIpc) is 2.45. The van der Waals surface area contributed by atoms with E-state index in [1.807, 2.05) is 32.0 Å². The molecule has 0 aliphatic heterocycles. The van der Waals surface area contributed by atoms with Gasteiger partial charge in [0.1, 0.15) is 5.82 Å². The molecule has 0 amide bonds. The molecule has 0 saturated heterocycles. The summed E-state index contributed by atoms with van der Waals surface area (Å²) in [6.07, 6.45) is 0. The average molecular weight is 327 g/mol. The van der Waals surface area contributed by atoms with Crippen LogP contribution in [0.1, 0.15) is 13.8 Å². The van der Waals surface area contributed by atoms with E-state index in [4.69, 9.17) is 38.4 Å². The van der Waals surface area contributed by atoms with Crippen LogP contribution in [0.4, 0.5) is 5.82 Å². The van der Waals surface area contributed by atoms with Crippen molar-refractivity contribution in [3.8, 4) is 22.8 Å². The maximum Gasteiger partial charge on any atom is 0.161 e. The highest BCUT2D eigenvalue weighted by molar-refractivity contribution is 6.37. The largest absolute Gasteiger partial charge is 0.490 e. The van der Waals surface area contributed by atoms with Crippen molar-refractivity contribution in [1.29, 1.82) is 0 Å². The lowest BCUT2D eigenvalue weighted by Crippen LogP contribution is -1.99. The zero-order valence-corrected chi connectivity index (χ0v) is 13.3.